The summed E-state index contributed by atoms with van der Waals surface area (Å²) in [4.78, 5) is 24.6. The Hall–Kier alpha value is -3.46. The molecule has 186 valence electrons. The molecule has 1 saturated heterocycles. The molecule has 3 atom stereocenters. The van der Waals surface area contributed by atoms with Crippen LogP contribution < -0.4 is 10.5 Å². The lowest BCUT2D eigenvalue weighted by atomic mass is 10.1. The lowest BCUT2D eigenvalue weighted by molar-refractivity contribution is 0.0700. The van der Waals surface area contributed by atoms with Crippen molar-refractivity contribution in [2.75, 3.05) is 13.7 Å². The zero-order chi connectivity index (χ0) is 24.7. The Morgan fingerprint density at radius 2 is 2.00 bits per heavy atom. The molecule has 8 nitrogen and oxygen atoms in total. The number of nitrogens with zero attached hydrogens (tertiary/aromatic N) is 5. The molecule has 1 aromatic carbocycles. The van der Waals surface area contributed by atoms with Crippen molar-refractivity contribution < 1.29 is 13.9 Å². The second-order valence-corrected chi connectivity index (χ2v) is 10.6. The van der Waals surface area contributed by atoms with Crippen LogP contribution in [0.2, 0.25) is 0 Å². The summed E-state index contributed by atoms with van der Waals surface area (Å²) in [7, 11) is 3.56. The lowest BCUT2D eigenvalue weighted by Gasteiger charge is -2.27. The first-order chi connectivity index (χ1) is 17.4. The minimum absolute atomic E-state index is 0.0208. The van der Waals surface area contributed by atoms with E-state index in [4.69, 9.17) is 15.5 Å². The Morgan fingerprint density at radius 3 is 2.69 bits per heavy atom. The van der Waals surface area contributed by atoms with E-state index in [0.717, 1.165) is 54.6 Å². The highest BCUT2D eigenvalue weighted by Gasteiger charge is 2.47. The molecule has 3 aromatic heterocycles. The number of rotatable bonds is 5. The number of nitrogens with two attached hydrogens (primary N) is 1. The van der Waals surface area contributed by atoms with Gasteiger partial charge in [0.05, 0.1) is 18.3 Å². The third-order valence-electron chi connectivity index (χ3n) is 8.39. The number of aryl methyl sites for hydroxylation is 1. The SMILES string of the molecule is COc1cc(C(=O)N2C[C@H]3CC[C@@H]2[C@@H]3N)cc2nc(-c3cc4ccc(F)nc4n3CC3CC3)n(C)c12. The van der Waals surface area contributed by atoms with E-state index in [1.807, 2.05) is 34.7 Å². The van der Waals surface area contributed by atoms with E-state index in [2.05, 4.69) is 9.55 Å². The maximum Gasteiger partial charge on any atom is 0.254 e. The second-order valence-electron chi connectivity index (χ2n) is 10.6. The van der Waals surface area contributed by atoms with E-state index in [-0.39, 0.29) is 18.0 Å². The summed E-state index contributed by atoms with van der Waals surface area (Å²) in [5.74, 6) is 1.77. The number of methoxy groups -OCH3 is 1. The number of carbonyl (C=O) groups excluding carboxylic acids is 1. The molecule has 4 aromatic rings. The van der Waals surface area contributed by atoms with Gasteiger partial charge in [0, 0.05) is 43.2 Å². The van der Waals surface area contributed by atoms with Crippen molar-refractivity contribution in [3.8, 4) is 17.3 Å². The van der Waals surface area contributed by atoms with Crippen LogP contribution in [0.25, 0.3) is 33.6 Å². The molecule has 0 unspecified atom stereocenters. The summed E-state index contributed by atoms with van der Waals surface area (Å²) in [6.45, 7) is 1.49. The van der Waals surface area contributed by atoms with Gasteiger partial charge in [-0.2, -0.15) is 4.39 Å². The van der Waals surface area contributed by atoms with Gasteiger partial charge in [0.2, 0.25) is 5.95 Å². The van der Waals surface area contributed by atoms with Gasteiger partial charge in [-0.25, -0.2) is 9.97 Å². The Kier molecular flexibility index (Phi) is 4.70. The summed E-state index contributed by atoms with van der Waals surface area (Å²) in [6.07, 6.45) is 4.39. The Labute approximate surface area is 207 Å². The molecule has 2 N–H and O–H groups in total. The number of piperidine rings is 1. The first kappa shape index (κ1) is 21.8. The van der Waals surface area contributed by atoms with Crippen molar-refractivity contribution in [3.63, 3.8) is 0 Å². The van der Waals surface area contributed by atoms with E-state index >= 15 is 0 Å². The number of ether oxygens (including phenoxy) is 1. The summed E-state index contributed by atoms with van der Waals surface area (Å²) in [5, 5.41) is 0.877. The van der Waals surface area contributed by atoms with Gasteiger partial charge in [-0.15, -0.1) is 0 Å². The highest BCUT2D eigenvalue weighted by atomic mass is 19.1. The zero-order valence-corrected chi connectivity index (χ0v) is 20.4. The highest BCUT2D eigenvalue weighted by Crippen LogP contribution is 2.40. The number of carbonyl (C=O) groups is 1. The van der Waals surface area contributed by atoms with E-state index in [1.54, 1.807) is 13.2 Å². The molecule has 4 heterocycles. The average molecular weight is 489 g/mol. The van der Waals surface area contributed by atoms with Crippen LogP contribution in [-0.2, 0) is 13.6 Å². The van der Waals surface area contributed by atoms with Crippen LogP contribution in [0.3, 0.4) is 0 Å². The largest absolute Gasteiger partial charge is 0.494 e. The molecule has 3 fully saturated rings. The van der Waals surface area contributed by atoms with E-state index in [1.165, 1.54) is 6.07 Å². The quantitative estimate of drug-likeness (QED) is 0.433. The number of fused-ring (bicyclic) bond motifs is 4. The van der Waals surface area contributed by atoms with Gasteiger partial charge in [0.15, 0.2) is 5.82 Å². The number of likely N-dealkylation sites (tertiary alicyclic amines) is 1. The molecule has 0 spiro atoms. The average Bonchev–Trinajstić information content (AvgIpc) is 3.29. The van der Waals surface area contributed by atoms with Crippen LogP contribution in [0.4, 0.5) is 4.39 Å². The van der Waals surface area contributed by atoms with Crippen LogP contribution in [0.1, 0.15) is 36.0 Å². The van der Waals surface area contributed by atoms with Gasteiger partial charge >= 0.3 is 0 Å². The Bertz CT molecular complexity index is 1540. The fraction of sp³-hybridized carbons (Fsp3) is 0.444. The molecule has 2 saturated carbocycles. The molecule has 0 radical (unpaired) electrons. The number of pyridine rings is 1. The molecule has 2 aliphatic carbocycles. The molecular formula is C27H29FN6O2. The van der Waals surface area contributed by atoms with Crippen molar-refractivity contribution in [2.24, 2.45) is 24.6 Å². The summed E-state index contributed by atoms with van der Waals surface area (Å²) < 4.78 is 23.9. The standard InChI is InChI=1S/C27H29FN6O2/c1-32-24-18(9-17(11-21(24)36-2)27(35)34-13-16-5-7-19(34)23(16)29)30-26(32)20-10-15-6-8-22(28)31-25(15)33(20)12-14-3-4-14/h6,8-11,14,16,19,23H,3-5,7,12-13,29H2,1-2H3/t16-,19-,23-/m1/s1. The summed E-state index contributed by atoms with van der Waals surface area (Å²) in [5.41, 5.74) is 9.93. The fourth-order valence-electron chi connectivity index (χ4n) is 6.30. The second kappa shape index (κ2) is 7.77. The van der Waals surface area contributed by atoms with Crippen LogP contribution in [0.5, 0.6) is 5.75 Å². The summed E-state index contributed by atoms with van der Waals surface area (Å²) >= 11 is 0. The van der Waals surface area contributed by atoms with Crippen LogP contribution in [0.15, 0.2) is 30.3 Å². The monoisotopic (exact) mass is 488 g/mol. The summed E-state index contributed by atoms with van der Waals surface area (Å²) in [6, 6.07) is 9.01. The predicted molar refractivity (Wildman–Crippen MR) is 134 cm³/mol. The minimum atomic E-state index is -0.491. The number of amides is 1. The van der Waals surface area contributed by atoms with Gasteiger partial charge in [0.25, 0.3) is 5.91 Å². The number of halogens is 1. The molecule has 3 aliphatic rings. The smallest absolute Gasteiger partial charge is 0.254 e. The van der Waals surface area contributed by atoms with Crippen molar-refractivity contribution in [2.45, 2.75) is 44.3 Å². The van der Waals surface area contributed by atoms with Crippen LogP contribution >= 0.6 is 0 Å². The number of hydrogen-bond donors (Lipinski definition) is 1. The van der Waals surface area contributed by atoms with Crippen molar-refractivity contribution in [3.05, 3.63) is 41.8 Å². The Balaban J connectivity index is 1.35. The van der Waals surface area contributed by atoms with Crippen LogP contribution in [-0.4, -0.2) is 55.6 Å². The van der Waals surface area contributed by atoms with Gasteiger partial charge in [-0.1, -0.05) is 0 Å². The third-order valence-corrected chi connectivity index (χ3v) is 8.39. The number of hydrogen-bond acceptors (Lipinski definition) is 5. The number of benzene rings is 1. The number of aromatic nitrogens is 4. The first-order valence-electron chi connectivity index (χ1n) is 12.7. The number of imidazole rings is 1. The first-order valence-corrected chi connectivity index (χ1v) is 12.7. The van der Waals surface area contributed by atoms with Crippen LogP contribution in [0, 0.1) is 17.8 Å². The minimum Gasteiger partial charge on any atom is -0.494 e. The topological polar surface area (TPSA) is 91.2 Å². The van der Waals surface area contributed by atoms with Gasteiger partial charge in [-0.05, 0) is 67.9 Å². The molecule has 36 heavy (non-hydrogen) atoms. The highest BCUT2D eigenvalue weighted by molar-refractivity contribution is 6.00. The predicted octanol–water partition coefficient (Wildman–Crippen LogP) is 3.71. The molecule has 2 bridgehead atoms. The van der Waals surface area contributed by atoms with E-state index < -0.39 is 5.95 Å². The zero-order valence-electron chi connectivity index (χ0n) is 20.4. The lowest BCUT2D eigenvalue weighted by Crippen LogP contribution is -2.41. The molecule has 7 rings (SSSR count). The third kappa shape index (κ3) is 3.18. The van der Waals surface area contributed by atoms with Gasteiger partial charge in [-0.3, -0.25) is 4.79 Å². The molecule has 1 aliphatic heterocycles. The van der Waals surface area contributed by atoms with Crippen molar-refractivity contribution in [1.29, 1.82) is 0 Å². The van der Waals surface area contributed by atoms with E-state index in [9.17, 15) is 9.18 Å². The van der Waals surface area contributed by atoms with Crippen molar-refractivity contribution in [1.82, 2.24) is 24.0 Å². The molecule has 1 amide bonds. The normalized spacial score (nSPS) is 23.3. The maximum absolute atomic E-state index is 14.0. The van der Waals surface area contributed by atoms with Crippen molar-refractivity contribution >= 4 is 28.0 Å². The van der Waals surface area contributed by atoms with Gasteiger partial charge in [0.1, 0.15) is 16.9 Å². The maximum atomic E-state index is 14.0. The fourth-order valence-corrected chi connectivity index (χ4v) is 6.30. The van der Waals surface area contributed by atoms with E-state index in [0.29, 0.717) is 40.9 Å². The molecular weight excluding hydrogens is 459 g/mol. The Morgan fingerprint density at radius 1 is 1.17 bits per heavy atom. The molecule has 9 heteroatoms. The van der Waals surface area contributed by atoms with Gasteiger partial charge < -0.3 is 24.5 Å².